The van der Waals surface area contributed by atoms with Gasteiger partial charge in [0.1, 0.15) is 12.2 Å². The minimum atomic E-state index is -0.771. The number of ether oxygens (including phenoxy) is 2. The van der Waals surface area contributed by atoms with E-state index in [1.807, 2.05) is 0 Å². The van der Waals surface area contributed by atoms with Crippen molar-refractivity contribution in [3.05, 3.63) is 23.2 Å². The molecule has 0 aromatic carbocycles. The zero-order chi connectivity index (χ0) is 10.6. The molecule has 0 aliphatic carbocycles. The highest BCUT2D eigenvalue weighted by Crippen LogP contribution is 2.15. The average molecular weight is 265 g/mol. The normalized spacial score (nSPS) is 31.8. The second-order valence-corrected chi connectivity index (χ2v) is 4.05. The molecule has 4 nitrogen and oxygen atoms in total. The molecule has 14 heavy (non-hydrogen) atoms. The van der Waals surface area contributed by atoms with Gasteiger partial charge in [0.15, 0.2) is 6.29 Å². The van der Waals surface area contributed by atoms with E-state index in [0.29, 0.717) is 11.1 Å². The van der Waals surface area contributed by atoms with E-state index >= 15 is 0 Å². The molecule has 0 amide bonds. The van der Waals surface area contributed by atoms with Crippen LogP contribution < -0.4 is 0 Å². The topological polar surface area (TPSA) is 58.9 Å². The Morgan fingerprint density at radius 2 is 2.29 bits per heavy atom. The van der Waals surface area contributed by atoms with E-state index in [1.165, 1.54) is 0 Å². The Kier molecular flexibility index (Phi) is 4.77. The summed E-state index contributed by atoms with van der Waals surface area (Å²) >= 11 is 3.15. The van der Waals surface area contributed by atoms with Gasteiger partial charge in [0.25, 0.3) is 0 Å². The monoisotopic (exact) mass is 264 g/mol. The summed E-state index contributed by atoms with van der Waals surface area (Å²) in [6, 6.07) is 0. The molecule has 1 aliphatic rings. The molecule has 2 N–H and O–H groups in total. The zero-order valence-electron chi connectivity index (χ0n) is 7.60. The van der Waals surface area contributed by atoms with E-state index in [-0.39, 0.29) is 6.61 Å². The number of rotatable bonds is 4. The van der Waals surface area contributed by atoms with Gasteiger partial charge < -0.3 is 19.7 Å². The van der Waals surface area contributed by atoms with Gasteiger partial charge in [-0.05, 0) is 6.08 Å². The van der Waals surface area contributed by atoms with Crippen LogP contribution in [0.2, 0.25) is 0 Å². The number of halogens is 1. The first kappa shape index (κ1) is 11.9. The van der Waals surface area contributed by atoms with Gasteiger partial charge in [0.05, 0.1) is 13.2 Å². The summed E-state index contributed by atoms with van der Waals surface area (Å²) in [5.74, 6) is 0. The SMILES string of the molecule is C=C(Br)CO[C@@H]1C=C[C@@H](O)[C@@H](CO)O1. The van der Waals surface area contributed by atoms with Gasteiger partial charge in [-0.15, -0.1) is 0 Å². The Hall–Kier alpha value is -0.200. The second-order valence-electron chi connectivity index (χ2n) is 2.93. The predicted octanol–water partition coefficient (Wildman–Crippen LogP) is 0.546. The quantitative estimate of drug-likeness (QED) is 0.729. The molecule has 0 saturated carbocycles. The first-order chi connectivity index (χ1) is 6.63. The molecule has 0 unspecified atom stereocenters. The molecule has 1 aliphatic heterocycles. The van der Waals surface area contributed by atoms with Crippen molar-refractivity contribution in [1.82, 2.24) is 0 Å². The molecule has 80 valence electrons. The van der Waals surface area contributed by atoms with Crippen molar-refractivity contribution in [3.8, 4) is 0 Å². The largest absolute Gasteiger partial charge is 0.394 e. The van der Waals surface area contributed by atoms with Crippen molar-refractivity contribution in [3.63, 3.8) is 0 Å². The number of hydrogen-bond donors (Lipinski definition) is 2. The molecule has 0 radical (unpaired) electrons. The van der Waals surface area contributed by atoms with Gasteiger partial charge >= 0.3 is 0 Å². The third-order valence-electron chi connectivity index (χ3n) is 1.74. The van der Waals surface area contributed by atoms with Crippen LogP contribution in [0.1, 0.15) is 0 Å². The van der Waals surface area contributed by atoms with E-state index in [2.05, 4.69) is 22.5 Å². The molecule has 1 heterocycles. The maximum Gasteiger partial charge on any atom is 0.177 e. The van der Waals surface area contributed by atoms with Crippen LogP contribution in [0.15, 0.2) is 23.2 Å². The van der Waals surface area contributed by atoms with E-state index in [9.17, 15) is 5.11 Å². The minimum Gasteiger partial charge on any atom is -0.394 e. The van der Waals surface area contributed by atoms with Crippen molar-refractivity contribution in [2.45, 2.75) is 18.5 Å². The molecule has 0 spiro atoms. The van der Waals surface area contributed by atoms with Crippen LogP contribution in [0.3, 0.4) is 0 Å². The number of aliphatic hydroxyl groups is 2. The standard InChI is InChI=1S/C9H13BrO4/c1-6(10)5-13-9-3-2-7(12)8(4-11)14-9/h2-3,7-9,11-12H,1,4-5H2/t7-,8-,9+/m1/s1. The molecule has 3 atom stereocenters. The smallest absolute Gasteiger partial charge is 0.177 e. The van der Waals surface area contributed by atoms with Crippen molar-refractivity contribution in [2.24, 2.45) is 0 Å². The lowest BCUT2D eigenvalue weighted by Crippen LogP contribution is -2.38. The summed E-state index contributed by atoms with van der Waals surface area (Å²) in [5, 5.41) is 18.2. The van der Waals surface area contributed by atoms with E-state index in [0.717, 1.165) is 0 Å². The maximum absolute atomic E-state index is 9.31. The van der Waals surface area contributed by atoms with Crippen molar-refractivity contribution in [2.75, 3.05) is 13.2 Å². The van der Waals surface area contributed by atoms with Crippen molar-refractivity contribution < 1.29 is 19.7 Å². The predicted molar refractivity (Wildman–Crippen MR) is 54.9 cm³/mol. The first-order valence-electron chi connectivity index (χ1n) is 4.21. The van der Waals surface area contributed by atoms with Crippen LogP contribution in [0, 0.1) is 0 Å². The maximum atomic E-state index is 9.31. The van der Waals surface area contributed by atoms with Crippen LogP contribution in [0.5, 0.6) is 0 Å². The molecular formula is C9H13BrO4. The van der Waals surface area contributed by atoms with E-state index in [1.54, 1.807) is 12.2 Å². The molecule has 0 saturated heterocycles. The van der Waals surface area contributed by atoms with Crippen molar-refractivity contribution >= 4 is 15.9 Å². The Morgan fingerprint density at radius 3 is 2.86 bits per heavy atom. The molecule has 5 heteroatoms. The first-order valence-corrected chi connectivity index (χ1v) is 5.00. The molecule has 0 fully saturated rings. The molecule has 0 aromatic rings. The highest BCUT2D eigenvalue weighted by Gasteiger charge is 2.25. The summed E-state index contributed by atoms with van der Waals surface area (Å²) in [6.07, 6.45) is 1.23. The van der Waals surface area contributed by atoms with Gasteiger partial charge in [-0.3, -0.25) is 0 Å². The van der Waals surface area contributed by atoms with Gasteiger partial charge in [0, 0.05) is 4.48 Å². The highest BCUT2D eigenvalue weighted by molar-refractivity contribution is 9.11. The summed E-state index contributed by atoms with van der Waals surface area (Å²) in [4.78, 5) is 0. The average Bonchev–Trinajstić information content (AvgIpc) is 2.16. The Labute approximate surface area is 91.0 Å². The van der Waals surface area contributed by atoms with Crippen LogP contribution in [-0.2, 0) is 9.47 Å². The number of aliphatic hydroxyl groups excluding tert-OH is 2. The van der Waals surface area contributed by atoms with Gasteiger partial charge in [0.2, 0.25) is 0 Å². The van der Waals surface area contributed by atoms with E-state index < -0.39 is 18.5 Å². The second kappa shape index (κ2) is 5.63. The Bertz CT molecular complexity index is 229. The zero-order valence-corrected chi connectivity index (χ0v) is 9.18. The molecular weight excluding hydrogens is 252 g/mol. The molecule has 1 rings (SSSR count). The Balaban J connectivity index is 2.41. The van der Waals surface area contributed by atoms with Crippen LogP contribution >= 0.6 is 15.9 Å². The molecule has 0 bridgehead atoms. The lowest BCUT2D eigenvalue weighted by atomic mass is 10.1. The molecule has 0 aromatic heterocycles. The summed E-state index contributed by atoms with van der Waals surface area (Å²) in [7, 11) is 0. The van der Waals surface area contributed by atoms with Gasteiger partial charge in [-0.25, -0.2) is 0 Å². The minimum absolute atomic E-state index is 0.235. The fraction of sp³-hybridized carbons (Fsp3) is 0.556. The van der Waals surface area contributed by atoms with Crippen LogP contribution in [0.25, 0.3) is 0 Å². The lowest BCUT2D eigenvalue weighted by molar-refractivity contribution is -0.175. The number of hydrogen-bond acceptors (Lipinski definition) is 4. The Morgan fingerprint density at radius 1 is 1.57 bits per heavy atom. The highest BCUT2D eigenvalue weighted by atomic mass is 79.9. The summed E-state index contributed by atoms with van der Waals surface area (Å²) in [6.45, 7) is 3.69. The van der Waals surface area contributed by atoms with E-state index in [4.69, 9.17) is 14.6 Å². The van der Waals surface area contributed by atoms with Crippen LogP contribution in [0.4, 0.5) is 0 Å². The third-order valence-corrected chi connectivity index (χ3v) is 1.97. The third kappa shape index (κ3) is 3.51. The summed E-state index contributed by atoms with van der Waals surface area (Å²) in [5.41, 5.74) is 0. The fourth-order valence-corrected chi connectivity index (χ4v) is 1.18. The van der Waals surface area contributed by atoms with Crippen LogP contribution in [-0.4, -0.2) is 41.9 Å². The van der Waals surface area contributed by atoms with Gasteiger partial charge in [-0.2, -0.15) is 0 Å². The summed E-state index contributed by atoms with van der Waals surface area (Å²) < 4.78 is 11.2. The fourth-order valence-electron chi connectivity index (χ4n) is 1.05. The van der Waals surface area contributed by atoms with Crippen molar-refractivity contribution in [1.29, 1.82) is 0 Å². The van der Waals surface area contributed by atoms with Gasteiger partial charge in [-0.1, -0.05) is 28.6 Å². The lowest BCUT2D eigenvalue weighted by Gasteiger charge is -2.28.